The molecular formula is C7H10N2O2S. The average Bonchev–Trinajstić information content (AvgIpc) is 2.57. The summed E-state index contributed by atoms with van der Waals surface area (Å²) >= 11 is 1.43. The van der Waals surface area contributed by atoms with Crippen LogP contribution in [0.4, 0.5) is 4.79 Å². The number of hydrogen-bond acceptors (Lipinski definition) is 3. The van der Waals surface area contributed by atoms with Gasteiger partial charge in [0.05, 0.1) is 0 Å². The van der Waals surface area contributed by atoms with Crippen LogP contribution in [0, 0.1) is 0 Å². The van der Waals surface area contributed by atoms with Gasteiger partial charge in [0.25, 0.3) is 0 Å². The minimum absolute atomic E-state index is 0.0417. The lowest BCUT2D eigenvalue weighted by Crippen LogP contribution is -2.46. The van der Waals surface area contributed by atoms with Gasteiger partial charge in [-0.3, -0.25) is 9.08 Å². The number of carbonyl (C=O) groups is 1. The van der Waals surface area contributed by atoms with E-state index in [2.05, 4.69) is 5.32 Å². The number of urea groups is 1. The third-order valence-corrected chi connectivity index (χ3v) is 2.62. The summed E-state index contributed by atoms with van der Waals surface area (Å²) in [4.78, 5) is 13.0. The van der Waals surface area contributed by atoms with Crippen molar-refractivity contribution in [3.63, 3.8) is 0 Å². The van der Waals surface area contributed by atoms with E-state index in [-0.39, 0.29) is 12.3 Å². The van der Waals surface area contributed by atoms with Gasteiger partial charge in [-0.15, -0.1) is 0 Å². The van der Waals surface area contributed by atoms with Crippen LogP contribution in [0.1, 0.15) is 6.42 Å². The monoisotopic (exact) mass is 186 g/mol. The van der Waals surface area contributed by atoms with E-state index in [1.54, 1.807) is 11.1 Å². The fraction of sp³-hybridized carbons (Fsp3) is 0.571. The van der Waals surface area contributed by atoms with Gasteiger partial charge in [-0.2, -0.15) is 0 Å². The van der Waals surface area contributed by atoms with Gasteiger partial charge in [-0.25, -0.2) is 4.79 Å². The zero-order chi connectivity index (χ0) is 8.39. The van der Waals surface area contributed by atoms with E-state index in [1.807, 2.05) is 6.08 Å². The highest BCUT2D eigenvalue weighted by Gasteiger charge is 2.28. The van der Waals surface area contributed by atoms with Crippen LogP contribution in [-0.4, -0.2) is 29.5 Å². The summed E-state index contributed by atoms with van der Waals surface area (Å²) in [5.41, 5.74) is 0. The molecule has 5 heteroatoms. The van der Waals surface area contributed by atoms with Crippen molar-refractivity contribution in [1.82, 2.24) is 10.2 Å². The van der Waals surface area contributed by atoms with Gasteiger partial charge in [0, 0.05) is 24.9 Å². The van der Waals surface area contributed by atoms with Crippen molar-refractivity contribution in [1.29, 1.82) is 0 Å². The number of nitrogens with zero attached hydrogens (tertiary/aromatic N) is 1. The van der Waals surface area contributed by atoms with E-state index in [1.165, 1.54) is 12.0 Å². The maximum absolute atomic E-state index is 11.3. The molecule has 1 saturated heterocycles. The van der Waals surface area contributed by atoms with Crippen LogP contribution in [0.15, 0.2) is 12.3 Å². The lowest BCUT2D eigenvalue weighted by molar-refractivity contribution is 0.0854. The molecule has 2 amide bonds. The van der Waals surface area contributed by atoms with Gasteiger partial charge in [0.15, 0.2) is 0 Å². The van der Waals surface area contributed by atoms with E-state index in [0.29, 0.717) is 6.54 Å². The van der Waals surface area contributed by atoms with Crippen molar-refractivity contribution >= 4 is 18.1 Å². The molecule has 1 atom stereocenters. The number of nitrogens with one attached hydrogen (secondary N) is 1. The van der Waals surface area contributed by atoms with Crippen molar-refractivity contribution in [3.05, 3.63) is 12.3 Å². The molecule has 0 aliphatic carbocycles. The zero-order valence-electron chi connectivity index (χ0n) is 6.53. The smallest absolute Gasteiger partial charge is 0.315 e. The Labute approximate surface area is 75.1 Å². The van der Waals surface area contributed by atoms with Crippen molar-refractivity contribution in [2.45, 2.75) is 12.6 Å². The predicted octanol–water partition coefficient (Wildman–Crippen LogP) is 0.920. The fourth-order valence-electron chi connectivity index (χ4n) is 1.24. The molecular weight excluding hydrogens is 176 g/mol. The maximum Gasteiger partial charge on any atom is 0.323 e. The van der Waals surface area contributed by atoms with Gasteiger partial charge in [0.2, 0.25) is 0 Å². The molecule has 0 spiro atoms. The molecule has 2 rings (SSSR count). The van der Waals surface area contributed by atoms with Gasteiger partial charge in [-0.1, -0.05) is 0 Å². The maximum atomic E-state index is 11.3. The lowest BCUT2D eigenvalue weighted by Gasteiger charge is -2.27. The SMILES string of the molecule is O=C1NC=CCN1C1CCSO1. The van der Waals surface area contributed by atoms with Crippen molar-refractivity contribution in [3.8, 4) is 0 Å². The molecule has 2 aliphatic rings. The van der Waals surface area contributed by atoms with Gasteiger partial charge in [-0.05, 0) is 18.1 Å². The Morgan fingerprint density at radius 3 is 3.33 bits per heavy atom. The van der Waals surface area contributed by atoms with Crippen LogP contribution >= 0.6 is 12.0 Å². The summed E-state index contributed by atoms with van der Waals surface area (Å²) in [5, 5.41) is 2.63. The second-order valence-electron chi connectivity index (χ2n) is 2.67. The Balaban J connectivity index is 2.01. The summed E-state index contributed by atoms with van der Waals surface area (Å²) in [7, 11) is 0. The Morgan fingerprint density at radius 1 is 1.75 bits per heavy atom. The predicted molar refractivity (Wildman–Crippen MR) is 46.3 cm³/mol. The van der Waals surface area contributed by atoms with E-state index in [4.69, 9.17) is 4.18 Å². The first kappa shape index (κ1) is 7.94. The third-order valence-electron chi connectivity index (χ3n) is 1.86. The normalized spacial score (nSPS) is 29.2. The number of rotatable bonds is 1. The standard InChI is InChI=1S/C7H10N2O2S/c10-7-8-3-1-4-9(7)6-2-5-12-11-6/h1,3,6H,2,4-5H2,(H,8,10). The minimum atomic E-state index is -0.0648. The molecule has 0 radical (unpaired) electrons. The topological polar surface area (TPSA) is 41.6 Å². The molecule has 1 fully saturated rings. The average molecular weight is 186 g/mol. The molecule has 0 aromatic carbocycles. The fourth-order valence-corrected chi connectivity index (χ4v) is 1.99. The Hall–Kier alpha value is -0.680. The Morgan fingerprint density at radius 2 is 2.67 bits per heavy atom. The number of amides is 2. The second-order valence-corrected chi connectivity index (χ2v) is 3.50. The molecule has 1 N–H and O–H groups in total. The van der Waals surface area contributed by atoms with Gasteiger partial charge < -0.3 is 5.32 Å². The molecule has 0 aromatic rings. The highest BCUT2D eigenvalue weighted by molar-refractivity contribution is 7.94. The van der Waals surface area contributed by atoms with E-state index in [0.717, 1.165) is 12.2 Å². The molecule has 66 valence electrons. The molecule has 0 aromatic heterocycles. The highest BCUT2D eigenvalue weighted by Crippen LogP contribution is 2.24. The number of hydrogen-bond donors (Lipinski definition) is 1. The Bertz CT molecular complexity index is 213. The molecule has 4 nitrogen and oxygen atoms in total. The van der Waals surface area contributed by atoms with Crippen LogP contribution in [0.5, 0.6) is 0 Å². The lowest BCUT2D eigenvalue weighted by atomic mass is 10.3. The minimum Gasteiger partial charge on any atom is -0.315 e. The summed E-state index contributed by atoms with van der Waals surface area (Å²) in [6, 6.07) is -0.0648. The van der Waals surface area contributed by atoms with Crippen LogP contribution in [0.25, 0.3) is 0 Å². The largest absolute Gasteiger partial charge is 0.323 e. The first-order valence-electron chi connectivity index (χ1n) is 3.88. The molecule has 2 heterocycles. The summed E-state index contributed by atoms with van der Waals surface area (Å²) in [6.07, 6.45) is 4.46. The van der Waals surface area contributed by atoms with Gasteiger partial charge >= 0.3 is 6.03 Å². The molecule has 0 bridgehead atoms. The number of carbonyl (C=O) groups excluding carboxylic acids is 1. The van der Waals surface area contributed by atoms with E-state index in [9.17, 15) is 4.79 Å². The first-order chi connectivity index (χ1) is 5.88. The van der Waals surface area contributed by atoms with Crippen molar-refractivity contribution < 1.29 is 8.98 Å². The molecule has 1 unspecified atom stereocenters. The van der Waals surface area contributed by atoms with Crippen LogP contribution in [-0.2, 0) is 4.18 Å². The summed E-state index contributed by atoms with van der Waals surface area (Å²) < 4.78 is 5.31. The van der Waals surface area contributed by atoms with E-state index < -0.39 is 0 Å². The summed E-state index contributed by atoms with van der Waals surface area (Å²) in [5.74, 6) is 0.970. The third kappa shape index (κ3) is 1.42. The first-order valence-corrected chi connectivity index (χ1v) is 4.79. The second kappa shape index (κ2) is 3.37. The Kier molecular flexibility index (Phi) is 2.23. The van der Waals surface area contributed by atoms with Crippen LogP contribution < -0.4 is 5.32 Å². The molecule has 2 aliphatic heterocycles. The van der Waals surface area contributed by atoms with Crippen molar-refractivity contribution in [2.75, 3.05) is 12.3 Å². The van der Waals surface area contributed by atoms with Crippen LogP contribution in [0.2, 0.25) is 0 Å². The van der Waals surface area contributed by atoms with Gasteiger partial charge in [0.1, 0.15) is 6.23 Å². The molecule has 0 saturated carbocycles. The highest BCUT2D eigenvalue weighted by atomic mass is 32.2. The van der Waals surface area contributed by atoms with E-state index >= 15 is 0 Å². The zero-order valence-corrected chi connectivity index (χ0v) is 7.34. The van der Waals surface area contributed by atoms with Crippen LogP contribution in [0.3, 0.4) is 0 Å². The van der Waals surface area contributed by atoms with Crippen molar-refractivity contribution in [2.24, 2.45) is 0 Å². The summed E-state index contributed by atoms with van der Waals surface area (Å²) in [6.45, 7) is 0.650. The quantitative estimate of drug-likeness (QED) is 0.619. The molecule has 12 heavy (non-hydrogen) atoms.